The number of phosphoric acid groups is 1. The molecule has 1 aromatic carbocycles. The van der Waals surface area contributed by atoms with Gasteiger partial charge in [0.2, 0.25) is 0 Å². The third-order valence-corrected chi connectivity index (χ3v) is 1.33. The fourth-order valence-electron chi connectivity index (χ4n) is 0.880. The smallest absolute Gasteiger partial charge is 0.756 e. The van der Waals surface area contributed by atoms with Crippen LogP contribution in [0, 0.1) is 0 Å². The first-order valence-corrected chi connectivity index (χ1v) is 5.14. The number of imidazole rings is 1. The normalized spacial score (nSPS) is 10.1. The van der Waals surface area contributed by atoms with Crippen LogP contribution in [0.1, 0.15) is 0 Å². The standard InChI is InChI=1S/C7H6N2.Na.H3O4P/c1-2-4-7-6(3-1)8-5-9-7;;1-5(2,3)4/h1-5H,(H,8,9);;(H3,1,2,3,4)/q;+1;/p-1. The topological polar surface area (TPSA) is 109 Å². The van der Waals surface area contributed by atoms with E-state index in [1.54, 1.807) is 6.33 Å². The van der Waals surface area contributed by atoms with Gasteiger partial charge >= 0.3 is 29.6 Å². The van der Waals surface area contributed by atoms with Gasteiger partial charge in [-0.3, -0.25) is 4.57 Å². The fraction of sp³-hybridized carbons (Fsp3) is 0. The summed E-state index contributed by atoms with van der Waals surface area (Å²) in [6.45, 7) is 0. The van der Waals surface area contributed by atoms with Crippen LogP contribution in [-0.4, -0.2) is 19.8 Å². The molecule has 6 nitrogen and oxygen atoms in total. The average molecular weight is 238 g/mol. The first-order valence-electron chi connectivity index (χ1n) is 3.61. The van der Waals surface area contributed by atoms with Gasteiger partial charge in [0.05, 0.1) is 17.4 Å². The summed E-state index contributed by atoms with van der Waals surface area (Å²) in [6, 6.07) is 7.94. The van der Waals surface area contributed by atoms with Crippen molar-refractivity contribution in [3.05, 3.63) is 30.6 Å². The number of nitrogens with zero attached hydrogens (tertiary/aromatic N) is 1. The van der Waals surface area contributed by atoms with E-state index >= 15 is 0 Å². The molecule has 2 rings (SSSR count). The van der Waals surface area contributed by atoms with Crippen molar-refractivity contribution >= 4 is 18.9 Å². The van der Waals surface area contributed by atoms with Crippen molar-refractivity contribution in [1.29, 1.82) is 0 Å². The number of hydrogen-bond donors (Lipinski definition) is 3. The quantitative estimate of drug-likeness (QED) is 0.335. The summed E-state index contributed by atoms with van der Waals surface area (Å²) in [5.41, 5.74) is 2.12. The van der Waals surface area contributed by atoms with Gasteiger partial charge in [0, 0.05) is 0 Å². The Bertz CT molecular complexity index is 416. The summed E-state index contributed by atoms with van der Waals surface area (Å²) in [4.78, 5) is 30.0. The maximum absolute atomic E-state index is 8.77. The second-order valence-corrected chi connectivity index (χ2v) is 3.39. The Hall–Kier alpha value is -0.200. The predicted octanol–water partition coefficient (Wildman–Crippen LogP) is -2.99. The number of benzene rings is 1. The van der Waals surface area contributed by atoms with Crippen LogP contribution in [0.25, 0.3) is 11.0 Å². The Morgan fingerprint density at radius 1 is 1.33 bits per heavy atom. The van der Waals surface area contributed by atoms with Crippen LogP contribution in [0.15, 0.2) is 30.6 Å². The molecule has 0 saturated heterocycles. The first-order chi connectivity index (χ1) is 6.47. The van der Waals surface area contributed by atoms with Crippen molar-refractivity contribution in [1.82, 2.24) is 9.97 Å². The van der Waals surface area contributed by atoms with Crippen LogP contribution in [-0.2, 0) is 4.57 Å². The van der Waals surface area contributed by atoms with Crippen LogP contribution in [0.4, 0.5) is 0 Å². The van der Waals surface area contributed by atoms with Crippen molar-refractivity contribution in [2.75, 3.05) is 0 Å². The largest absolute Gasteiger partial charge is 1.00 e. The molecule has 0 saturated carbocycles. The summed E-state index contributed by atoms with van der Waals surface area (Å²) >= 11 is 0. The van der Waals surface area contributed by atoms with Gasteiger partial charge in [-0.1, -0.05) is 12.1 Å². The molecule has 0 unspecified atom stereocenters. The van der Waals surface area contributed by atoms with E-state index in [2.05, 4.69) is 9.97 Å². The number of hydrogen-bond acceptors (Lipinski definition) is 3. The molecule has 2 aromatic rings. The molecule has 8 heteroatoms. The van der Waals surface area contributed by atoms with Crippen LogP contribution in [0.5, 0.6) is 0 Å². The van der Waals surface area contributed by atoms with E-state index in [0.29, 0.717) is 0 Å². The molecule has 15 heavy (non-hydrogen) atoms. The van der Waals surface area contributed by atoms with Gasteiger partial charge in [-0.05, 0) is 12.1 Å². The van der Waals surface area contributed by atoms with Crippen molar-refractivity contribution < 1.29 is 48.8 Å². The minimum atomic E-state index is -4.89. The number of para-hydroxylation sites is 2. The Morgan fingerprint density at radius 3 is 2.40 bits per heavy atom. The molecule has 1 heterocycles. The third-order valence-electron chi connectivity index (χ3n) is 1.33. The Labute approximate surface area is 108 Å². The average Bonchev–Trinajstić information content (AvgIpc) is 2.47. The third kappa shape index (κ3) is 6.81. The van der Waals surface area contributed by atoms with E-state index in [0.717, 1.165) is 11.0 Å². The molecule has 0 bridgehead atoms. The summed E-state index contributed by atoms with van der Waals surface area (Å²) in [7, 11) is -4.89. The second-order valence-electron chi connectivity index (χ2n) is 2.41. The molecule has 0 spiro atoms. The maximum atomic E-state index is 8.77. The van der Waals surface area contributed by atoms with Gasteiger partial charge in [-0.15, -0.1) is 0 Å². The number of rotatable bonds is 0. The van der Waals surface area contributed by atoms with Crippen molar-refractivity contribution in [3.63, 3.8) is 0 Å². The van der Waals surface area contributed by atoms with Crippen LogP contribution >= 0.6 is 7.82 Å². The minimum Gasteiger partial charge on any atom is -0.756 e. The molecule has 3 N–H and O–H groups in total. The first kappa shape index (κ1) is 14.8. The maximum Gasteiger partial charge on any atom is 1.00 e. The van der Waals surface area contributed by atoms with Gasteiger partial charge in [0.1, 0.15) is 0 Å². The van der Waals surface area contributed by atoms with Gasteiger partial charge in [-0.25, -0.2) is 4.98 Å². The number of aromatic nitrogens is 2. The van der Waals surface area contributed by atoms with E-state index in [9.17, 15) is 0 Å². The fourth-order valence-corrected chi connectivity index (χ4v) is 0.880. The Kier molecular flexibility index (Phi) is 6.31. The Morgan fingerprint density at radius 2 is 1.87 bits per heavy atom. The molecule has 76 valence electrons. The molecule has 1 aromatic heterocycles. The molecule has 0 atom stereocenters. The van der Waals surface area contributed by atoms with Crippen LogP contribution in [0.2, 0.25) is 0 Å². The van der Waals surface area contributed by atoms with Crippen LogP contribution < -0.4 is 34.5 Å². The van der Waals surface area contributed by atoms with Gasteiger partial charge in [0.25, 0.3) is 7.82 Å². The Balaban J connectivity index is 0.000000289. The molecule has 0 fully saturated rings. The molecule has 0 radical (unpaired) electrons. The number of nitrogens with one attached hydrogen (secondary N) is 1. The van der Waals surface area contributed by atoms with Crippen molar-refractivity contribution in [2.45, 2.75) is 0 Å². The van der Waals surface area contributed by atoms with Crippen molar-refractivity contribution in [2.24, 2.45) is 0 Å². The predicted molar refractivity (Wildman–Crippen MR) is 48.1 cm³/mol. The van der Waals surface area contributed by atoms with E-state index < -0.39 is 7.82 Å². The zero-order valence-corrected chi connectivity index (χ0v) is 10.9. The molecule has 0 aliphatic heterocycles. The minimum absolute atomic E-state index is 0. The second kappa shape index (κ2) is 6.40. The van der Waals surface area contributed by atoms with E-state index in [-0.39, 0.29) is 29.6 Å². The van der Waals surface area contributed by atoms with E-state index in [4.69, 9.17) is 19.2 Å². The molecule has 0 amide bonds. The molecular formula is C7H8N2NaO4P. The van der Waals surface area contributed by atoms with Crippen LogP contribution in [0.3, 0.4) is 0 Å². The van der Waals surface area contributed by atoms with Gasteiger partial charge < -0.3 is 19.7 Å². The molecule has 0 aliphatic rings. The number of aromatic amines is 1. The zero-order chi connectivity index (χ0) is 10.6. The monoisotopic (exact) mass is 238 g/mol. The van der Waals surface area contributed by atoms with Crippen molar-refractivity contribution in [3.8, 4) is 0 Å². The summed E-state index contributed by atoms with van der Waals surface area (Å²) in [6.07, 6.45) is 1.70. The summed E-state index contributed by atoms with van der Waals surface area (Å²) in [5.74, 6) is 0. The van der Waals surface area contributed by atoms with E-state index in [1.165, 1.54) is 0 Å². The summed E-state index contributed by atoms with van der Waals surface area (Å²) < 4.78 is 8.77. The molecule has 0 aliphatic carbocycles. The number of H-pyrrole nitrogens is 1. The summed E-state index contributed by atoms with van der Waals surface area (Å²) in [5, 5.41) is 0. The zero-order valence-electron chi connectivity index (χ0n) is 7.99. The van der Waals surface area contributed by atoms with Gasteiger partial charge in [0.15, 0.2) is 0 Å². The molecular weight excluding hydrogens is 230 g/mol. The van der Waals surface area contributed by atoms with E-state index in [1.807, 2.05) is 24.3 Å². The SMILES string of the molecule is O=P([O-])(O)O.[Na+].c1ccc2[nH]cnc2c1. The van der Waals surface area contributed by atoms with Gasteiger partial charge in [-0.2, -0.15) is 0 Å². The number of fused-ring (bicyclic) bond motifs is 1.